The molecule has 0 amide bonds. The third kappa shape index (κ3) is 4.78. The summed E-state index contributed by atoms with van der Waals surface area (Å²) >= 11 is 0. The Kier molecular flexibility index (Phi) is 6.81. The Balaban J connectivity index is 2.51. The standard InChI is InChI=1S/C18H22FN7O/c1-4-5-6-7-14(8-19)23-18-24-17-16(27-12(2)3)15(13(9-20)10-21)22-11-26(17)25-18/h4-7,9-12,20H,1,8,21H2,2-3H3,(H,23,25)/b6-5-,13-10+,14-7+,20-9?. The number of alkyl halides is 1. The summed E-state index contributed by atoms with van der Waals surface area (Å²) < 4.78 is 20.5. The maximum absolute atomic E-state index is 13.2. The van der Waals surface area contributed by atoms with Crippen LogP contribution < -0.4 is 15.8 Å². The van der Waals surface area contributed by atoms with Crippen molar-refractivity contribution in [2.24, 2.45) is 5.73 Å². The quantitative estimate of drug-likeness (QED) is 0.461. The van der Waals surface area contributed by atoms with Crippen LogP contribution in [-0.4, -0.2) is 38.6 Å². The van der Waals surface area contributed by atoms with Crippen LogP contribution in [-0.2, 0) is 0 Å². The predicted molar refractivity (Wildman–Crippen MR) is 105 cm³/mol. The monoisotopic (exact) mass is 371 g/mol. The van der Waals surface area contributed by atoms with Crippen LogP contribution >= 0.6 is 0 Å². The zero-order valence-electron chi connectivity index (χ0n) is 15.2. The number of rotatable bonds is 9. The Labute approximate surface area is 156 Å². The molecule has 0 saturated carbocycles. The van der Waals surface area contributed by atoms with Gasteiger partial charge in [0.1, 0.15) is 18.7 Å². The van der Waals surface area contributed by atoms with Gasteiger partial charge in [0.15, 0.2) is 5.75 Å². The minimum atomic E-state index is -0.719. The summed E-state index contributed by atoms with van der Waals surface area (Å²) in [5.74, 6) is 0.525. The lowest BCUT2D eigenvalue weighted by Crippen LogP contribution is -2.11. The van der Waals surface area contributed by atoms with Crippen molar-refractivity contribution in [3.05, 3.63) is 54.8 Å². The van der Waals surface area contributed by atoms with E-state index in [4.69, 9.17) is 15.9 Å². The molecule has 0 bridgehead atoms. The highest BCUT2D eigenvalue weighted by molar-refractivity contribution is 6.08. The fourth-order valence-corrected chi connectivity index (χ4v) is 2.15. The molecular weight excluding hydrogens is 349 g/mol. The molecule has 2 aromatic rings. The van der Waals surface area contributed by atoms with Crippen molar-refractivity contribution < 1.29 is 9.13 Å². The molecule has 0 spiro atoms. The zero-order valence-corrected chi connectivity index (χ0v) is 15.2. The van der Waals surface area contributed by atoms with Gasteiger partial charge in [-0.15, -0.1) is 5.10 Å². The van der Waals surface area contributed by atoms with Crippen molar-refractivity contribution in [3.8, 4) is 5.75 Å². The molecule has 0 fully saturated rings. The molecule has 0 aliphatic carbocycles. The van der Waals surface area contributed by atoms with Gasteiger partial charge in [-0.2, -0.15) is 9.50 Å². The first-order chi connectivity index (χ1) is 13.0. The lowest BCUT2D eigenvalue weighted by Gasteiger charge is -2.13. The lowest BCUT2D eigenvalue weighted by atomic mass is 10.2. The number of hydrogen-bond acceptors (Lipinski definition) is 7. The maximum atomic E-state index is 13.2. The van der Waals surface area contributed by atoms with Gasteiger partial charge in [0.2, 0.25) is 11.6 Å². The van der Waals surface area contributed by atoms with Gasteiger partial charge >= 0.3 is 0 Å². The molecule has 142 valence electrons. The molecule has 0 aliphatic rings. The van der Waals surface area contributed by atoms with Crippen molar-refractivity contribution in [2.45, 2.75) is 20.0 Å². The number of halogens is 1. The minimum Gasteiger partial charge on any atom is -0.485 e. The molecular formula is C18H22FN7O. The fourth-order valence-electron chi connectivity index (χ4n) is 2.15. The number of allylic oxidation sites excluding steroid dienone is 6. The summed E-state index contributed by atoms with van der Waals surface area (Å²) in [6.45, 7) is 6.55. The van der Waals surface area contributed by atoms with Gasteiger partial charge in [-0.3, -0.25) is 0 Å². The summed E-state index contributed by atoms with van der Waals surface area (Å²) in [7, 11) is 0. The SMILES string of the molecule is C=C/C=C\C=C(/CF)Nc1nc2c(OC(C)C)c(/C(C=N)=C/N)ncn2n1. The molecule has 2 rings (SSSR count). The van der Waals surface area contributed by atoms with Crippen LogP contribution in [0.1, 0.15) is 19.5 Å². The van der Waals surface area contributed by atoms with Crippen LogP contribution in [0.4, 0.5) is 10.3 Å². The van der Waals surface area contributed by atoms with Gasteiger partial charge < -0.3 is 21.2 Å². The van der Waals surface area contributed by atoms with Gasteiger partial charge in [-0.1, -0.05) is 24.8 Å². The Bertz CT molecular complexity index is 912. The van der Waals surface area contributed by atoms with Gasteiger partial charge in [0.25, 0.3) is 0 Å². The van der Waals surface area contributed by atoms with E-state index in [0.717, 1.165) is 6.21 Å². The van der Waals surface area contributed by atoms with E-state index in [1.165, 1.54) is 17.0 Å². The average Bonchev–Trinajstić information content (AvgIpc) is 3.06. The summed E-state index contributed by atoms with van der Waals surface area (Å²) in [6.07, 6.45) is 10.1. The van der Waals surface area contributed by atoms with E-state index in [-0.39, 0.29) is 17.7 Å². The van der Waals surface area contributed by atoms with E-state index in [1.807, 2.05) is 13.8 Å². The number of nitrogens with zero attached hydrogens (tertiary/aromatic N) is 4. The van der Waals surface area contributed by atoms with E-state index in [9.17, 15) is 4.39 Å². The van der Waals surface area contributed by atoms with Crippen LogP contribution in [0, 0.1) is 5.41 Å². The molecule has 0 aromatic carbocycles. The molecule has 2 heterocycles. The van der Waals surface area contributed by atoms with Gasteiger partial charge in [0, 0.05) is 23.7 Å². The second kappa shape index (κ2) is 9.27. The second-order valence-electron chi connectivity index (χ2n) is 5.63. The summed E-state index contributed by atoms with van der Waals surface area (Å²) in [5, 5.41) is 14.6. The smallest absolute Gasteiger partial charge is 0.247 e. The van der Waals surface area contributed by atoms with Gasteiger partial charge in [-0.05, 0) is 19.9 Å². The average molecular weight is 371 g/mol. The number of nitrogens with one attached hydrogen (secondary N) is 2. The molecule has 0 radical (unpaired) electrons. The number of aromatic nitrogens is 4. The van der Waals surface area contributed by atoms with Crippen molar-refractivity contribution in [1.29, 1.82) is 5.41 Å². The summed E-state index contributed by atoms with van der Waals surface area (Å²) in [6, 6.07) is 0. The topological polar surface area (TPSA) is 114 Å². The fraction of sp³-hybridized carbons (Fsp3) is 0.222. The van der Waals surface area contributed by atoms with Crippen LogP contribution in [0.5, 0.6) is 5.75 Å². The van der Waals surface area contributed by atoms with E-state index < -0.39 is 6.67 Å². The molecule has 8 nitrogen and oxygen atoms in total. The molecule has 0 atom stereocenters. The Hall–Kier alpha value is -3.49. The molecule has 0 unspecified atom stereocenters. The van der Waals surface area contributed by atoms with Crippen molar-refractivity contribution >= 4 is 23.4 Å². The van der Waals surface area contributed by atoms with Crippen molar-refractivity contribution in [2.75, 3.05) is 12.0 Å². The zero-order chi connectivity index (χ0) is 19.8. The summed E-state index contributed by atoms with van der Waals surface area (Å²) in [5.41, 5.74) is 6.99. The van der Waals surface area contributed by atoms with Crippen molar-refractivity contribution in [1.82, 2.24) is 19.6 Å². The van der Waals surface area contributed by atoms with Gasteiger partial charge in [0.05, 0.1) is 6.10 Å². The number of nitrogens with two attached hydrogens (primary N) is 1. The maximum Gasteiger partial charge on any atom is 0.247 e. The highest BCUT2D eigenvalue weighted by Gasteiger charge is 2.19. The third-order valence-corrected chi connectivity index (χ3v) is 3.27. The van der Waals surface area contributed by atoms with E-state index >= 15 is 0 Å². The molecule has 2 aromatic heterocycles. The number of ether oxygens (including phenoxy) is 1. The molecule has 0 aliphatic heterocycles. The Morgan fingerprint density at radius 2 is 2.26 bits per heavy atom. The lowest BCUT2D eigenvalue weighted by molar-refractivity contribution is 0.242. The van der Waals surface area contributed by atoms with Crippen LogP contribution in [0.2, 0.25) is 0 Å². The largest absolute Gasteiger partial charge is 0.485 e. The van der Waals surface area contributed by atoms with Crippen LogP contribution in [0.3, 0.4) is 0 Å². The van der Waals surface area contributed by atoms with E-state index in [0.29, 0.717) is 22.7 Å². The Morgan fingerprint density at radius 3 is 2.85 bits per heavy atom. The van der Waals surface area contributed by atoms with E-state index in [1.54, 1.807) is 24.3 Å². The molecule has 4 N–H and O–H groups in total. The highest BCUT2D eigenvalue weighted by atomic mass is 19.1. The predicted octanol–water partition coefficient (Wildman–Crippen LogP) is 2.87. The third-order valence-electron chi connectivity index (χ3n) is 3.27. The minimum absolute atomic E-state index is 0.167. The number of hydrogen-bond donors (Lipinski definition) is 3. The molecule has 9 heteroatoms. The first kappa shape index (κ1) is 19.8. The van der Waals surface area contributed by atoms with Crippen molar-refractivity contribution in [3.63, 3.8) is 0 Å². The normalized spacial score (nSPS) is 12.7. The van der Waals surface area contributed by atoms with E-state index in [2.05, 4.69) is 27.0 Å². The Morgan fingerprint density at radius 1 is 1.48 bits per heavy atom. The highest BCUT2D eigenvalue weighted by Crippen LogP contribution is 2.28. The number of fused-ring (bicyclic) bond motifs is 1. The van der Waals surface area contributed by atoms with Gasteiger partial charge in [-0.25, -0.2) is 9.37 Å². The first-order valence-electron chi connectivity index (χ1n) is 8.20. The molecule has 0 saturated heterocycles. The summed E-state index contributed by atoms with van der Waals surface area (Å²) in [4.78, 5) is 8.65. The number of anilines is 1. The van der Waals surface area contributed by atoms with Crippen LogP contribution in [0.15, 0.2) is 49.1 Å². The molecule has 27 heavy (non-hydrogen) atoms. The van der Waals surface area contributed by atoms with Crippen LogP contribution in [0.25, 0.3) is 11.2 Å². The second-order valence-corrected chi connectivity index (χ2v) is 5.63. The first-order valence-corrected chi connectivity index (χ1v) is 8.20.